The Hall–Kier alpha value is -1.84. The van der Waals surface area contributed by atoms with Crippen molar-refractivity contribution < 1.29 is 14.3 Å². The normalized spacial score (nSPS) is 18.1. The minimum absolute atomic E-state index is 0.0617. The molecule has 1 aliphatic rings. The van der Waals surface area contributed by atoms with E-state index in [9.17, 15) is 9.59 Å². The third kappa shape index (κ3) is 3.59. The number of carbonyl (C=O) groups excluding carboxylic acids is 2. The summed E-state index contributed by atoms with van der Waals surface area (Å²) in [5, 5.41) is 0. The highest BCUT2D eigenvalue weighted by Gasteiger charge is 2.34. The number of likely N-dealkylation sites (tertiary alicyclic amines) is 1. The van der Waals surface area contributed by atoms with E-state index in [-0.39, 0.29) is 18.5 Å². The third-order valence-corrected chi connectivity index (χ3v) is 3.53. The Balaban J connectivity index is 1.89. The van der Waals surface area contributed by atoms with Gasteiger partial charge >= 0.3 is 5.97 Å². The maximum absolute atomic E-state index is 12.1. The number of hydrogen-bond donors (Lipinski definition) is 0. The minimum atomic E-state index is -0.391. The van der Waals surface area contributed by atoms with Gasteiger partial charge in [-0.05, 0) is 24.8 Å². The van der Waals surface area contributed by atoms with Crippen molar-refractivity contribution >= 4 is 11.9 Å². The van der Waals surface area contributed by atoms with Crippen LogP contribution in [0.15, 0.2) is 30.3 Å². The van der Waals surface area contributed by atoms with Gasteiger partial charge in [-0.25, -0.2) is 4.79 Å². The first-order valence-electron chi connectivity index (χ1n) is 7.22. The number of esters is 1. The van der Waals surface area contributed by atoms with Crippen LogP contribution in [-0.4, -0.2) is 29.4 Å². The van der Waals surface area contributed by atoms with Crippen molar-refractivity contribution in [1.29, 1.82) is 0 Å². The van der Waals surface area contributed by atoms with E-state index in [1.807, 2.05) is 37.3 Å². The summed E-state index contributed by atoms with van der Waals surface area (Å²) < 4.78 is 5.34. The average molecular weight is 275 g/mol. The number of amides is 1. The molecule has 1 aromatic carbocycles. The van der Waals surface area contributed by atoms with Gasteiger partial charge in [-0.2, -0.15) is 0 Å². The van der Waals surface area contributed by atoms with Crippen LogP contribution < -0.4 is 0 Å². The number of hydrogen-bond acceptors (Lipinski definition) is 3. The number of benzene rings is 1. The van der Waals surface area contributed by atoms with Crippen LogP contribution in [0.1, 0.15) is 38.2 Å². The van der Waals surface area contributed by atoms with E-state index in [4.69, 9.17) is 4.74 Å². The van der Waals surface area contributed by atoms with Gasteiger partial charge in [0.15, 0.2) is 0 Å². The van der Waals surface area contributed by atoms with Gasteiger partial charge in [-0.1, -0.05) is 37.3 Å². The van der Waals surface area contributed by atoms with Crippen molar-refractivity contribution in [3.05, 3.63) is 35.9 Å². The van der Waals surface area contributed by atoms with Gasteiger partial charge in [-0.15, -0.1) is 0 Å². The number of carbonyl (C=O) groups is 2. The van der Waals surface area contributed by atoms with Gasteiger partial charge in [0.05, 0.1) is 0 Å². The van der Waals surface area contributed by atoms with Crippen LogP contribution >= 0.6 is 0 Å². The first-order valence-corrected chi connectivity index (χ1v) is 7.22. The predicted molar refractivity (Wildman–Crippen MR) is 75.9 cm³/mol. The molecule has 4 heteroatoms. The summed E-state index contributed by atoms with van der Waals surface area (Å²) in [6.45, 7) is 2.91. The Labute approximate surface area is 119 Å². The lowest BCUT2D eigenvalue weighted by Gasteiger charge is -2.23. The SMILES string of the molecule is CCCC(=O)N1CCC[C@H]1C(=O)OCc1ccccc1. The molecule has 0 aromatic heterocycles. The van der Waals surface area contributed by atoms with Gasteiger partial charge in [0.25, 0.3) is 0 Å². The highest BCUT2D eigenvalue weighted by Crippen LogP contribution is 2.20. The van der Waals surface area contributed by atoms with Crippen LogP contribution in [0.25, 0.3) is 0 Å². The molecule has 20 heavy (non-hydrogen) atoms. The molecule has 108 valence electrons. The van der Waals surface area contributed by atoms with Crippen LogP contribution in [0.5, 0.6) is 0 Å². The summed E-state index contributed by atoms with van der Waals surface area (Å²) >= 11 is 0. The summed E-state index contributed by atoms with van der Waals surface area (Å²) in [5.74, 6) is -0.220. The summed E-state index contributed by atoms with van der Waals surface area (Å²) in [7, 11) is 0. The highest BCUT2D eigenvalue weighted by atomic mass is 16.5. The lowest BCUT2D eigenvalue weighted by atomic mass is 10.2. The summed E-state index contributed by atoms with van der Waals surface area (Å²) in [4.78, 5) is 25.8. The molecule has 0 N–H and O–H groups in total. The monoisotopic (exact) mass is 275 g/mol. The van der Waals surface area contributed by atoms with Gasteiger partial charge < -0.3 is 9.64 Å². The largest absolute Gasteiger partial charge is 0.459 e. The Morgan fingerprint density at radius 2 is 2.05 bits per heavy atom. The van der Waals surface area contributed by atoms with Crippen molar-refractivity contribution in [2.75, 3.05) is 6.54 Å². The van der Waals surface area contributed by atoms with Crippen LogP contribution in [0.3, 0.4) is 0 Å². The smallest absolute Gasteiger partial charge is 0.329 e. The molecule has 1 aliphatic heterocycles. The molecule has 1 amide bonds. The van der Waals surface area contributed by atoms with E-state index in [1.54, 1.807) is 4.90 Å². The number of nitrogens with zero attached hydrogens (tertiary/aromatic N) is 1. The molecule has 2 rings (SSSR count). The molecule has 1 aromatic rings. The van der Waals surface area contributed by atoms with Crippen molar-refractivity contribution in [2.45, 2.75) is 45.3 Å². The molecular weight excluding hydrogens is 254 g/mol. The van der Waals surface area contributed by atoms with Gasteiger partial charge in [0, 0.05) is 13.0 Å². The summed E-state index contributed by atoms with van der Waals surface area (Å²) in [6, 6.07) is 9.20. The summed E-state index contributed by atoms with van der Waals surface area (Å²) in [6.07, 6.45) is 2.90. The second-order valence-electron chi connectivity index (χ2n) is 5.09. The zero-order chi connectivity index (χ0) is 14.4. The van der Waals surface area contributed by atoms with Gasteiger partial charge in [0.2, 0.25) is 5.91 Å². The Morgan fingerprint density at radius 1 is 1.30 bits per heavy atom. The van der Waals surface area contributed by atoms with Crippen LogP contribution in [0.2, 0.25) is 0 Å². The lowest BCUT2D eigenvalue weighted by molar-refractivity contribution is -0.154. The topological polar surface area (TPSA) is 46.6 Å². The van der Waals surface area contributed by atoms with Crippen molar-refractivity contribution in [1.82, 2.24) is 4.90 Å². The van der Waals surface area contributed by atoms with Gasteiger partial charge in [0.1, 0.15) is 12.6 Å². The molecule has 1 atom stereocenters. The zero-order valence-corrected chi connectivity index (χ0v) is 11.9. The molecule has 0 aliphatic carbocycles. The van der Waals surface area contributed by atoms with E-state index in [1.165, 1.54) is 0 Å². The maximum Gasteiger partial charge on any atom is 0.329 e. The molecule has 0 bridgehead atoms. The fourth-order valence-electron chi connectivity index (χ4n) is 2.49. The van der Waals surface area contributed by atoms with E-state index in [0.29, 0.717) is 19.4 Å². The fraction of sp³-hybridized carbons (Fsp3) is 0.500. The summed E-state index contributed by atoms with van der Waals surface area (Å²) in [5.41, 5.74) is 0.963. The Bertz CT molecular complexity index is 458. The molecule has 0 spiro atoms. The number of rotatable bonds is 5. The average Bonchev–Trinajstić information content (AvgIpc) is 2.96. The molecule has 4 nitrogen and oxygen atoms in total. The molecule has 0 unspecified atom stereocenters. The highest BCUT2D eigenvalue weighted by molar-refractivity contribution is 5.85. The molecule has 0 saturated carbocycles. The van der Waals surface area contributed by atoms with E-state index in [0.717, 1.165) is 18.4 Å². The third-order valence-electron chi connectivity index (χ3n) is 3.53. The molecule has 0 radical (unpaired) electrons. The lowest BCUT2D eigenvalue weighted by Crippen LogP contribution is -2.41. The van der Waals surface area contributed by atoms with Crippen LogP contribution in [0.4, 0.5) is 0 Å². The fourth-order valence-corrected chi connectivity index (χ4v) is 2.49. The van der Waals surface area contributed by atoms with Crippen molar-refractivity contribution in [2.24, 2.45) is 0 Å². The minimum Gasteiger partial charge on any atom is -0.459 e. The standard InChI is InChI=1S/C16H21NO3/c1-2-7-15(18)17-11-6-10-14(17)16(19)20-12-13-8-4-3-5-9-13/h3-5,8-9,14H,2,6-7,10-12H2,1H3/t14-/m0/s1. The van der Waals surface area contributed by atoms with Gasteiger partial charge in [-0.3, -0.25) is 4.79 Å². The number of ether oxygens (including phenoxy) is 1. The quantitative estimate of drug-likeness (QED) is 0.776. The van der Waals surface area contributed by atoms with E-state index < -0.39 is 6.04 Å². The second kappa shape index (κ2) is 7.08. The van der Waals surface area contributed by atoms with Crippen LogP contribution in [-0.2, 0) is 20.9 Å². The van der Waals surface area contributed by atoms with Crippen molar-refractivity contribution in [3.8, 4) is 0 Å². The van der Waals surface area contributed by atoms with Crippen molar-refractivity contribution in [3.63, 3.8) is 0 Å². The predicted octanol–water partition coefficient (Wildman–Crippen LogP) is 2.52. The molecule has 1 saturated heterocycles. The van der Waals surface area contributed by atoms with E-state index in [2.05, 4.69) is 0 Å². The first-order chi connectivity index (χ1) is 9.72. The van der Waals surface area contributed by atoms with E-state index >= 15 is 0 Å². The molecule has 1 fully saturated rings. The first kappa shape index (κ1) is 14.6. The van der Waals surface area contributed by atoms with Crippen LogP contribution in [0, 0.1) is 0 Å². The molecular formula is C16H21NO3. The zero-order valence-electron chi connectivity index (χ0n) is 11.9. The Kier molecular flexibility index (Phi) is 5.16. The maximum atomic E-state index is 12.1. The second-order valence-corrected chi connectivity index (χ2v) is 5.09. The molecule has 1 heterocycles. The Morgan fingerprint density at radius 3 is 2.75 bits per heavy atom.